The molecule has 4 rings (SSSR count). The second-order valence-electron chi connectivity index (χ2n) is 4.06. The van der Waals surface area contributed by atoms with Crippen molar-refractivity contribution in [3.63, 3.8) is 0 Å². The van der Waals surface area contributed by atoms with E-state index in [9.17, 15) is 0 Å². The molecule has 6 nitrogen and oxygen atoms in total. The lowest BCUT2D eigenvalue weighted by molar-refractivity contribution is 0.878. The summed E-state index contributed by atoms with van der Waals surface area (Å²) in [6.45, 7) is 0. The molecule has 92 valence electrons. The van der Waals surface area contributed by atoms with Crippen LogP contribution in [-0.2, 0) is 0 Å². The highest BCUT2D eigenvalue weighted by molar-refractivity contribution is 6.28. The van der Waals surface area contributed by atoms with Gasteiger partial charge in [0.2, 0.25) is 5.28 Å². The predicted octanol–water partition coefficient (Wildman–Crippen LogP) is 2.35. The largest absolute Gasteiger partial charge is 0.261 e. The Hall–Kier alpha value is -2.47. The molecule has 3 heterocycles. The number of nitrogens with zero attached hydrogens (tertiary/aromatic N) is 5. The van der Waals surface area contributed by atoms with Gasteiger partial charge in [-0.05, 0) is 17.7 Å². The maximum Gasteiger partial charge on any atom is 0.226 e. The van der Waals surface area contributed by atoms with Crippen molar-refractivity contribution in [3.05, 3.63) is 41.9 Å². The number of halogens is 1. The van der Waals surface area contributed by atoms with Gasteiger partial charge in [0.05, 0.1) is 23.3 Å². The number of nitrogens with one attached hydrogen (secondary N) is 1. The van der Waals surface area contributed by atoms with Crippen LogP contribution in [0.15, 0.2) is 36.7 Å². The average Bonchev–Trinajstić information content (AvgIpc) is 3.03. The zero-order valence-electron chi connectivity index (χ0n) is 9.58. The van der Waals surface area contributed by atoms with Crippen LogP contribution in [0.2, 0.25) is 5.28 Å². The van der Waals surface area contributed by atoms with Crippen LogP contribution in [-0.4, -0.2) is 29.9 Å². The normalized spacial score (nSPS) is 11.4. The fraction of sp³-hybridized carbons (Fsp3) is 0. The van der Waals surface area contributed by atoms with Crippen molar-refractivity contribution in [2.24, 2.45) is 0 Å². The summed E-state index contributed by atoms with van der Waals surface area (Å²) in [6, 6.07) is 7.89. The van der Waals surface area contributed by atoms with Crippen molar-refractivity contribution in [3.8, 4) is 5.82 Å². The van der Waals surface area contributed by atoms with Gasteiger partial charge in [-0.2, -0.15) is 20.2 Å². The Morgan fingerprint density at radius 3 is 2.95 bits per heavy atom. The fourth-order valence-electron chi connectivity index (χ4n) is 2.10. The molecule has 19 heavy (non-hydrogen) atoms. The van der Waals surface area contributed by atoms with Crippen molar-refractivity contribution >= 4 is 33.5 Å². The zero-order valence-corrected chi connectivity index (χ0v) is 10.3. The van der Waals surface area contributed by atoms with Gasteiger partial charge < -0.3 is 0 Å². The molecule has 0 radical (unpaired) electrons. The summed E-state index contributed by atoms with van der Waals surface area (Å²) in [5.41, 5.74) is 1.55. The van der Waals surface area contributed by atoms with Crippen molar-refractivity contribution in [1.29, 1.82) is 0 Å². The first kappa shape index (κ1) is 10.5. The molecule has 0 saturated heterocycles. The molecule has 0 aliphatic rings. The molecule has 1 aromatic carbocycles. The highest BCUT2D eigenvalue weighted by Crippen LogP contribution is 2.22. The second-order valence-corrected chi connectivity index (χ2v) is 4.40. The van der Waals surface area contributed by atoms with Crippen LogP contribution in [0.5, 0.6) is 0 Å². The number of benzene rings is 1. The van der Waals surface area contributed by atoms with Crippen LogP contribution in [0.3, 0.4) is 0 Å². The molecule has 0 spiro atoms. The first-order valence-corrected chi connectivity index (χ1v) is 6.00. The molecule has 0 bridgehead atoms. The number of H-pyrrole nitrogens is 1. The molecule has 0 aliphatic heterocycles. The van der Waals surface area contributed by atoms with E-state index in [2.05, 4.69) is 25.3 Å². The Bertz CT molecular complexity index is 893. The Labute approximate surface area is 112 Å². The number of fused-ring (bicyclic) bond motifs is 2. The molecule has 0 atom stereocenters. The molecular weight excluding hydrogens is 264 g/mol. The topological polar surface area (TPSA) is 72.3 Å². The number of hydrogen-bond donors (Lipinski definition) is 1. The molecule has 7 heteroatoms. The van der Waals surface area contributed by atoms with E-state index < -0.39 is 0 Å². The summed E-state index contributed by atoms with van der Waals surface area (Å²) in [6.07, 6.45) is 3.45. The van der Waals surface area contributed by atoms with E-state index in [1.165, 1.54) is 0 Å². The minimum atomic E-state index is 0.159. The Morgan fingerprint density at radius 2 is 2.00 bits per heavy atom. The molecule has 1 N–H and O–H groups in total. The zero-order chi connectivity index (χ0) is 12.8. The van der Waals surface area contributed by atoms with Gasteiger partial charge in [0.1, 0.15) is 0 Å². The number of rotatable bonds is 1. The first-order chi connectivity index (χ1) is 9.33. The van der Waals surface area contributed by atoms with Gasteiger partial charge in [-0.25, -0.2) is 4.68 Å². The van der Waals surface area contributed by atoms with E-state index in [0.717, 1.165) is 16.3 Å². The lowest BCUT2D eigenvalue weighted by Gasteiger charge is -2.03. The molecule has 0 unspecified atom stereocenters. The molecule has 0 fully saturated rings. The van der Waals surface area contributed by atoms with Crippen LogP contribution < -0.4 is 0 Å². The van der Waals surface area contributed by atoms with Crippen LogP contribution in [0.4, 0.5) is 0 Å². The molecule has 0 saturated carbocycles. The standard InChI is InChI=1S/C12H7ClN6/c13-12-16-10-8(6-14-18-10)11(17-12)19-9-4-2-1-3-7(9)5-15-19/h1-6H,(H,14,16,17,18). The molecule has 4 aromatic rings. The monoisotopic (exact) mass is 270 g/mol. The first-order valence-electron chi connectivity index (χ1n) is 5.63. The quantitative estimate of drug-likeness (QED) is 0.539. The van der Waals surface area contributed by atoms with E-state index in [4.69, 9.17) is 11.6 Å². The van der Waals surface area contributed by atoms with Crippen LogP contribution >= 0.6 is 11.6 Å². The van der Waals surface area contributed by atoms with Crippen LogP contribution in [0.1, 0.15) is 0 Å². The molecule has 0 amide bonds. The lowest BCUT2D eigenvalue weighted by atomic mass is 10.2. The molecular formula is C12H7ClN6. The number of hydrogen-bond acceptors (Lipinski definition) is 4. The van der Waals surface area contributed by atoms with E-state index in [1.54, 1.807) is 17.1 Å². The minimum absolute atomic E-state index is 0.159. The van der Waals surface area contributed by atoms with Crippen molar-refractivity contribution < 1.29 is 0 Å². The van der Waals surface area contributed by atoms with Gasteiger partial charge in [-0.15, -0.1) is 0 Å². The van der Waals surface area contributed by atoms with Gasteiger partial charge in [0.15, 0.2) is 11.5 Å². The molecule has 3 aromatic heterocycles. The van der Waals surface area contributed by atoms with E-state index in [0.29, 0.717) is 11.5 Å². The van der Waals surface area contributed by atoms with E-state index >= 15 is 0 Å². The van der Waals surface area contributed by atoms with Gasteiger partial charge in [0.25, 0.3) is 0 Å². The summed E-state index contributed by atoms with van der Waals surface area (Å²) in [4.78, 5) is 8.34. The van der Waals surface area contributed by atoms with Crippen LogP contribution in [0.25, 0.3) is 27.8 Å². The van der Waals surface area contributed by atoms with Gasteiger partial charge in [-0.1, -0.05) is 18.2 Å². The lowest BCUT2D eigenvalue weighted by Crippen LogP contribution is -2.01. The SMILES string of the molecule is Clc1nc(-n2ncc3ccccc32)c2cn[nH]c2n1. The second kappa shape index (κ2) is 3.76. The average molecular weight is 271 g/mol. The summed E-state index contributed by atoms with van der Waals surface area (Å²) >= 11 is 5.94. The van der Waals surface area contributed by atoms with E-state index in [-0.39, 0.29) is 5.28 Å². The van der Waals surface area contributed by atoms with Crippen LogP contribution in [0, 0.1) is 0 Å². The minimum Gasteiger partial charge on any atom is -0.261 e. The summed E-state index contributed by atoms with van der Waals surface area (Å²) in [5, 5.41) is 13.1. The number of aromatic nitrogens is 6. The highest BCUT2D eigenvalue weighted by atomic mass is 35.5. The maximum absolute atomic E-state index is 5.94. The third-order valence-electron chi connectivity index (χ3n) is 2.94. The van der Waals surface area contributed by atoms with Crippen molar-refractivity contribution in [1.82, 2.24) is 29.9 Å². The Morgan fingerprint density at radius 1 is 1.11 bits per heavy atom. The third kappa shape index (κ3) is 1.50. The predicted molar refractivity (Wildman–Crippen MR) is 71.3 cm³/mol. The Kier molecular flexibility index (Phi) is 2.07. The number of para-hydroxylation sites is 1. The third-order valence-corrected chi connectivity index (χ3v) is 3.11. The van der Waals surface area contributed by atoms with Crippen molar-refractivity contribution in [2.45, 2.75) is 0 Å². The van der Waals surface area contributed by atoms with Gasteiger partial charge in [0, 0.05) is 5.39 Å². The summed E-state index contributed by atoms with van der Waals surface area (Å²) in [5.74, 6) is 0.616. The highest BCUT2D eigenvalue weighted by Gasteiger charge is 2.13. The fourth-order valence-corrected chi connectivity index (χ4v) is 2.26. The van der Waals surface area contributed by atoms with Gasteiger partial charge in [-0.3, -0.25) is 5.10 Å². The van der Waals surface area contributed by atoms with Gasteiger partial charge >= 0.3 is 0 Å². The summed E-state index contributed by atoms with van der Waals surface area (Å²) < 4.78 is 1.74. The number of aromatic amines is 1. The van der Waals surface area contributed by atoms with Crippen molar-refractivity contribution in [2.75, 3.05) is 0 Å². The smallest absolute Gasteiger partial charge is 0.226 e. The maximum atomic E-state index is 5.94. The van der Waals surface area contributed by atoms with E-state index in [1.807, 2.05) is 24.3 Å². The Balaban J connectivity index is 2.11. The summed E-state index contributed by atoms with van der Waals surface area (Å²) in [7, 11) is 0. The molecule has 0 aliphatic carbocycles.